The zero-order valence-electron chi connectivity index (χ0n) is 15.5. The fourth-order valence-electron chi connectivity index (χ4n) is 3.03. The number of piperazine rings is 1. The minimum Gasteiger partial charge on any atom is -0.360 e. The third-order valence-corrected chi connectivity index (χ3v) is 5.41. The minimum absolute atomic E-state index is 0.0554. The number of rotatable bonds is 5. The lowest BCUT2D eigenvalue weighted by Gasteiger charge is -2.35. The van der Waals surface area contributed by atoms with Crippen LogP contribution in [0.25, 0.3) is 0 Å². The van der Waals surface area contributed by atoms with Crippen LogP contribution in [-0.2, 0) is 4.79 Å². The standard InChI is InChI=1S/C19H27ClN4O/c1-14(2)19(4,13-21)22-18(25)12-23-7-9-24(10-8-23)17-11-16(20)6-5-15(17)3/h5-6,11,14H,7-10,12H2,1-4H3,(H,22,25)/p+1/t19-/m1/s1. The van der Waals surface area contributed by atoms with Gasteiger partial charge in [-0.15, -0.1) is 0 Å². The van der Waals surface area contributed by atoms with Gasteiger partial charge in [-0.3, -0.25) is 4.79 Å². The number of amides is 1. The van der Waals surface area contributed by atoms with E-state index in [1.807, 2.05) is 32.0 Å². The van der Waals surface area contributed by atoms with E-state index in [-0.39, 0.29) is 11.8 Å². The summed E-state index contributed by atoms with van der Waals surface area (Å²) in [5, 5.41) is 13.0. The van der Waals surface area contributed by atoms with Crippen molar-refractivity contribution in [2.45, 2.75) is 33.2 Å². The Morgan fingerprint density at radius 3 is 2.64 bits per heavy atom. The molecule has 136 valence electrons. The summed E-state index contributed by atoms with van der Waals surface area (Å²) in [6, 6.07) is 8.18. The lowest BCUT2D eigenvalue weighted by Crippen LogP contribution is -3.16. The van der Waals surface area contributed by atoms with Gasteiger partial charge in [-0.25, -0.2) is 0 Å². The van der Waals surface area contributed by atoms with Crippen LogP contribution in [0.4, 0.5) is 5.69 Å². The summed E-state index contributed by atoms with van der Waals surface area (Å²) in [5.41, 5.74) is 1.58. The van der Waals surface area contributed by atoms with Gasteiger partial charge < -0.3 is 15.1 Å². The normalized spacial score (nSPS) is 17.9. The van der Waals surface area contributed by atoms with Crippen LogP contribution in [-0.4, -0.2) is 44.2 Å². The van der Waals surface area contributed by atoms with E-state index in [0.29, 0.717) is 6.54 Å². The summed E-state index contributed by atoms with van der Waals surface area (Å²) in [6.07, 6.45) is 0. The molecule has 1 heterocycles. The topological polar surface area (TPSA) is 60.6 Å². The van der Waals surface area contributed by atoms with Crippen molar-refractivity contribution in [1.82, 2.24) is 5.32 Å². The molecular weight excluding hydrogens is 336 g/mol. The van der Waals surface area contributed by atoms with Gasteiger partial charge in [0.2, 0.25) is 0 Å². The largest absolute Gasteiger partial charge is 0.360 e. The second kappa shape index (κ2) is 8.07. The molecule has 1 fully saturated rings. The molecule has 1 aromatic carbocycles. The van der Waals surface area contributed by atoms with Crippen LogP contribution in [0.15, 0.2) is 18.2 Å². The van der Waals surface area contributed by atoms with Gasteiger partial charge in [0.1, 0.15) is 5.54 Å². The van der Waals surface area contributed by atoms with Gasteiger partial charge in [0.15, 0.2) is 6.54 Å². The smallest absolute Gasteiger partial charge is 0.276 e. The molecule has 0 spiro atoms. The van der Waals surface area contributed by atoms with Crippen LogP contribution in [0.2, 0.25) is 5.02 Å². The number of carbonyl (C=O) groups is 1. The van der Waals surface area contributed by atoms with Crippen molar-refractivity contribution in [3.8, 4) is 6.07 Å². The molecule has 1 aliphatic heterocycles. The van der Waals surface area contributed by atoms with E-state index in [2.05, 4.69) is 23.2 Å². The Labute approximate surface area is 155 Å². The Kier molecular flexibility index (Phi) is 6.31. The number of anilines is 1. The Hall–Kier alpha value is -1.77. The van der Waals surface area contributed by atoms with Crippen LogP contribution in [0.3, 0.4) is 0 Å². The summed E-state index contributed by atoms with van der Waals surface area (Å²) in [4.78, 5) is 15.9. The SMILES string of the molecule is Cc1ccc(Cl)cc1N1CC[NH+](CC(=O)N[C@](C)(C#N)C(C)C)CC1. The number of hydrogen-bond donors (Lipinski definition) is 2. The molecule has 25 heavy (non-hydrogen) atoms. The molecule has 0 saturated carbocycles. The molecule has 5 nitrogen and oxygen atoms in total. The molecule has 0 radical (unpaired) electrons. The molecule has 0 bridgehead atoms. The average molecular weight is 364 g/mol. The van der Waals surface area contributed by atoms with Crippen LogP contribution >= 0.6 is 11.6 Å². The van der Waals surface area contributed by atoms with Gasteiger partial charge in [-0.2, -0.15) is 5.26 Å². The number of nitriles is 1. The molecule has 0 aliphatic carbocycles. The maximum atomic E-state index is 12.3. The number of benzene rings is 1. The maximum Gasteiger partial charge on any atom is 0.276 e. The van der Waals surface area contributed by atoms with Crippen molar-refractivity contribution in [3.05, 3.63) is 28.8 Å². The zero-order valence-corrected chi connectivity index (χ0v) is 16.3. The third kappa shape index (κ3) is 4.87. The highest BCUT2D eigenvalue weighted by Crippen LogP contribution is 2.24. The van der Waals surface area contributed by atoms with E-state index in [1.165, 1.54) is 16.2 Å². The van der Waals surface area contributed by atoms with Gasteiger partial charge in [-0.1, -0.05) is 31.5 Å². The minimum atomic E-state index is -0.809. The summed E-state index contributed by atoms with van der Waals surface area (Å²) >= 11 is 6.12. The van der Waals surface area contributed by atoms with Crippen molar-refractivity contribution in [2.75, 3.05) is 37.6 Å². The van der Waals surface area contributed by atoms with Crippen LogP contribution in [0, 0.1) is 24.2 Å². The zero-order chi connectivity index (χ0) is 18.6. The van der Waals surface area contributed by atoms with Crippen LogP contribution < -0.4 is 15.1 Å². The van der Waals surface area contributed by atoms with E-state index in [0.717, 1.165) is 31.2 Å². The monoisotopic (exact) mass is 363 g/mol. The summed E-state index contributed by atoms with van der Waals surface area (Å²) in [5.74, 6) is 0.0132. The van der Waals surface area contributed by atoms with Crippen LogP contribution in [0.1, 0.15) is 26.3 Å². The number of halogens is 1. The maximum absolute atomic E-state index is 12.3. The molecule has 1 aromatic rings. The predicted molar refractivity (Wildman–Crippen MR) is 101 cm³/mol. The van der Waals surface area contributed by atoms with Gasteiger partial charge >= 0.3 is 0 Å². The van der Waals surface area contributed by atoms with E-state index >= 15 is 0 Å². The first-order valence-electron chi connectivity index (χ1n) is 8.82. The second-order valence-corrected chi connectivity index (χ2v) is 7.80. The summed E-state index contributed by atoms with van der Waals surface area (Å²) in [7, 11) is 0. The van der Waals surface area contributed by atoms with Gasteiger partial charge in [-0.05, 0) is 37.5 Å². The quantitative estimate of drug-likeness (QED) is 0.831. The highest BCUT2D eigenvalue weighted by Gasteiger charge is 2.32. The van der Waals surface area contributed by atoms with Crippen molar-refractivity contribution < 1.29 is 9.69 Å². The molecule has 0 unspecified atom stereocenters. The number of nitrogens with one attached hydrogen (secondary N) is 2. The molecule has 1 amide bonds. The highest BCUT2D eigenvalue weighted by molar-refractivity contribution is 6.30. The number of hydrogen-bond acceptors (Lipinski definition) is 3. The van der Waals surface area contributed by atoms with E-state index in [1.54, 1.807) is 6.92 Å². The molecule has 0 aromatic heterocycles. The Morgan fingerprint density at radius 1 is 1.44 bits per heavy atom. The predicted octanol–water partition coefficient (Wildman–Crippen LogP) is 1.41. The molecule has 2 N–H and O–H groups in total. The summed E-state index contributed by atoms with van der Waals surface area (Å²) < 4.78 is 0. The number of quaternary nitrogens is 1. The number of aryl methyl sites for hydroxylation is 1. The van der Waals surface area contributed by atoms with Crippen LogP contribution in [0.5, 0.6) is 0 Å². The molecular formula is C19H28ClN4O+. The van der Waals surface area contributed by atoms with E-state index in [4.69, 9.17) is 11.6 Å². The number of nitrogens with zero attached hydrogens (tertiary/aromatic N) is 2. The Morgan fingerprint density at radius 2 is 2.08 bits per heavy atom. The van der Waals surface area contributed by atoms with Crippen molar-refractivity contribution >= 4 is 23.2 Å². The first kappa shape index (κ1) is 19.6. The highest BCUT2D eigenvalue weighted by atomic mass is 35.5. The molecule has 6 heteroatoms. The summed E-state index contributed by atoms with van der Waals surface area (Å²) in [6.45, 7) is 11.7. The molecule has 1 atom stereocenters. The van der Waals surface area contributed by atoms with Gasteiger partial charge in [0.05, 0.1) is 32.2 Å². The second-order valence-electron chi connectivity index (χ2n) is 7.36. The Bertz CT molecular complexity index is 662. The van der Waals surface area contributed by atoms with Crippen molar-refractivity contribution in [1.29, 1.82) is 5.26 Å². The van der Waals surface area contributed by atoms with E-state index < -0.39 is 5.54 Å². The first-order chi connectivity index (χ1) is 11.7. The fraction of sp³-hybridized carbons (Fsp3) is 0.579. The molecule has 2 rings (SSSR count). The van der Waals surface area contributed by atoms with Crippen molar-refractivity contribution in [3.63, 3.8) is 0 Å². The van der Waals surface area contributed by atoms with Crippen molar-refractivity contribution in [2.24, 2.45) is 5.92 Å². The van der Waals surface area contributed by atoms with Gasteiger partial charge in [0, 0.05) is 10.7 Å². The average Bonchev–Trinajstić information content (AvgIpc) is 2.57. The lowest BCUT2D eigenvalue weighted by molar-refractivity contribution is -0.892. The molecule has 1 saturated heterocycles. The first-order valence-corrected chi connectivity index (χ1v) is 9.20. The van der Waals surface area contributed by atoms with Gasteiger partial charge in [0.25, 0.3) is 5.91 Å². The molecule has 1 aliphatic rings. The number of carbonyl (C=O) groups excluding carboxylic acids is 1. The Balaban J connectivity index is 1.89. The van der Waals surface area contributed by atoms with E-state index in [9.17, 15) is 10.1 Å². The fourth-order valence-corrected chi connectivity index (χ4v) is 3.19. The third-order valence-electron chi connectivity index (χ3n) is 5.18. The lowest BCUT2D eigenvalue weighted by atomic mass is 9.90.